The van der Waals surface area contributed by atoms with Crippen LogP contribution in [0.5, 0.6) is 0 Å². The summed E-state index contributed by atoms with van der Waals surface area (Å²) in [7, 11) is 0. The lowest BCUT2D eigenvalue weighted by atomic mass is 10.2. The largest absolute Gasteiger partial charge is 0.480 e. The second kappa shape index (κ2) is 6.45. The van der Waals surface area contributed by atoms with Crippen molar-refractivity contribution in [2.45, 2.75) is 12.5 Å². The normalized spacial score (nSPS) is 11.5. The van der Waals surface area contributed by atoms with E-state index in [0.29, 0.717) is 0 Å². The van der Waals surface area contributed by atoms with E-state index >= 15 is 0 Å². The van der Waals surface area contributed by atoms with E-state index in [1.165, 1.54) is 0 Å². The summed E-state index contributed by atoms with van der Waals surface area (Å²) < 4.78 is 0. The van der Waals surface area contributed by atoms with E-state index in [4.69, 9.17) is 10.8 Å². The number of carbonyl (C=O) groups excluding carboxylic acids is 1. The summed E-state index contributed by atoms with van der Waals surface area (Å²) in [5, 5.41) is 8.04. The minimum atomic E-state index is -1.14. The fraction of sp³-hybridized carbons (Fsp3) is 0.600. The SMILES string of the molecule is CSC(=O)C[C@H](N)C(=O)O.Cl. The van der Waals surface area contributed by atoms with Gasteiger partial charge in [-0.25, -0.2) is 0 Å². The number of carbonyl (C=O) groups is 2. The fourth-order valence-corrected chi connectivity index (χ4v) is 0.696. The zero-order chi connectivity index (χ0) is 8.15. The maximum atomic E-state index is 10.5. The number of carboxylic acid groups (broad SMARTS) is 1. The molecular formula is C5H10ClNO3S. The van der Waals surface area contributed by atoms with E-state index in [0.717, 1.165) is 11.8 Å². The molecule has 0 rings (SSSR count). The molecule has 3 N–H and O–H groups in total. The molecule has 0 saturated heterocycles. The molecule has 0 heterocycles. The second-order valence-corrected chi connectivity index (χ2v) is 2.59. The first-order valence-corrected chi connectivity index (χ1v) is 3.85. The number of hydrogen-bond acceptors (Lipinski definition) is 4. The van der Waals surface area contributed by atoms with Gasteiger partial charge in [0.25, 0.3) is 0 Å². The van der Waals surface area contributed by atoms with Crippen LogP contribution in [0, 0.1) is 0 Å². The highest BCUT2D eigenvalue weighted by atomic mass is 35.5. The highest BCUT2D eigenvalue weighted by Crippen LogP contribution is 2.01. The van der Waals surface area contributed by atoms with E-state index in [2.05, 4.69) is 0 Å². The molecule has 1 atom stereocenters. The maximum Gasteiger partial charge on any atom is 0.320 e. The Balaban J connectivity index is 0. The van der Waals surface area contributed by atoms with Crippen molar-refractivity contribution in [2.75, 3.05) is 6.26 Å². The van der Waals surface area contributed by atoms with Crippen molar-refractivity contribution in [1.82, 2.24) is 0 Å². The third kappa shape index (κ3) is 6.15. The molecule has 0 amide bonds. The maximum absolute atomic E-state index is 10.5. The number of nitrogens with two attached hydrogens (primary N) is 1. The first-order valence-electron chi connectivity index (χ1n) is 2.63. The van der Waals surface area contributed by atoms with Gasteiger partial charge in [0, 0.05) is 6.42 Å². The molecule has 6 heteroatoms. The van der Waals surface area contributed by atoms with Gasteiger partial charge in [0.1, 0.15) is 6.04 Å². The van der Waals surface area contributed by atoms with E-state index in [9.17, 15) is 9.59 Å². The van der Waals surface area contributed by atoms with Crippen LogP contribution in [0.2, 0.25) is 0 Å². The summed E-state index contributed by atoms with van der Waals surface area (Å²) in [5.74, 6) is -1.14. The molecule has 0 aromatic carbocycles. The predicted molar refractivity (Wildman–Crippen MR) is 46.0 cm³/mol. The van der Waals surface area contributed by atoms with Crippen LogP contribution in [0.3, 0.4) is 0 Å². The van der Waals surface area contributed by atoms with E-state index in [1.54, 1.807) is 6.26 Å². The van der Waals surface area contributed by atoms with Crippen LogP contribution in [-0.4, -0.2) is 28.5 Å². The van der Waals surface area contributed by atoms with Crippen LogP contribution in [0.15, 0.2) is 0 Å². The summed E-state index contributed by atoms with van der Waals surface area (Å²) in [6.45, 7) is 0. The monoisotopic (exact) mass is 199 g/mol. The lowest BCUT2D eigenvalue weighted by Gasteiger charge is -2.01. The summed E-state index contributed by atoms with van der Waals surface area (Å²) in [5.41, 5.74) is 5.06. The summed E-state index contributed by atoms with van der Waals surface area (Å²) in [4.78, 5) is 20.6. The Morgan fingerprint density at radius 3 is 2.36 bits per heavy atom. The molecule has 0 radical (unpaired) electrons. The standard InChI is InChI=1S/C5H9NO3S.ClH/c1-10-4(7)2-3(6)5(8)9;/h3H,2,6H2,1H3,(H,8,9);1H/t3-;/m0./s1. The topological polar surface area (TPSA) is 80.4 Å². The van der Waals surface area contributed by atoms with E-state index < -0.39 is 12.0 Å². The van der Waals surface area contributed by atoms with Crippen LogP contribution < -0.4 is 5.73 Å². The van der Waals surface area contributed by atoms with Gasteiger partial charge >= 0.3 is 5.97 Å². The summed E-state index contributed by atoms with van der Waals surface area (Å²) in [6.07, 6.45) is 1.49. The average Bonchev–Trinajstić information content (AvgIpc) is 1.87. The lowest BCUT2D eigenvalue weighted by molar-refractivity contribution is -0.139. The van der Waals surface area contributed by atoms with Gasteiger partial charge in [-0.1, -0.05) is 11.8 Å². The van der Waals surface area contributed by atoms with Crippen molar-refractivity contribution in [3.63, 3.8) is 0 Å². The number of thioether (sulfide) groups is 1. The van der Waals surface area contributed by atoms with Crippen LogP contribution >= 0.6 is 24.2 Å². The molecule has 0 fully saturated rings. The van der Waals surface area contributed by atoms with E-state index in [1.807, 2.05) is 0 Å². The molecule has 0 saturated carbocycles. The average molecular weight is 200 g/mol. The van der Waals surface area contributed by atoms with Crippen molar-refractivity contribution in [3.05, 3.63) is 0 Å². The molecule has 4 nitrogen and oxygen atoms in total. The molecule has 0 bridgehead atoms. The number of carboxylic acids is 1. The zero-order valence-electron chi connectivity index (χ0n) is 5.94. The van der Waals surface area contributed by atoms with Crippen LogP contribution in [0.25, 0.3) is 0 Å². The molecule has 0 spiro atoms. The first-order chi connectivity index (χ1) is 4.57. The van der Waals surface area contributed by atoms with Crippen molar-refractivity contribution in [3.8, 4) is 0 Å². The second-order valence-electron chi connectivity index (χ2n) is 1.72. The highest BCUT2D eigenvalue weighted by Gasteiger charge is 2.14. The van der Waals surface area contributed by atoms with Crippen molar-refractivity contribution < 1.29 is 14.7 Å². The summed E-state index contributed by atoms with van der Waals surface area (Å²) in [6, 6.07) is -1.06. The lowest BCUT2D eigenvalue weighted by Crippen LogP contribution is -2.31. The number of halogens is 1. The van der Waals surface area contributed by atoms with Gasteiger partial charge in [0.15, 0.2) is 5.12 Å². The van der Waals surface area contributed by atoms with Gasteiger partial charge < -0.3 is 10.8 Å². The minimum absolute atomic E-state index is 0. The Labute approximate surface area is 74.9 Å². The van der Waals surface area contributed by atoms with Gasteiger partial charge in [-0.05, 0) is 6.26 Å². The van der Waals surface area contributed by atoms with Crippen LogP contribution in [-0.2, 0) is 9.59 Å². The molecule has 66 valence electrons. The Hall–Kier alpha value is -0.260. The van der Waals surface area contributed by atoms with Gasteiger partial charge in [0.2, 0.25) is 0 Å². The quantitative estimate of drug-likeness (QED) is 0.674. The molecule has 0 aromatic heterocycles. The van der Waals surface area contributed by atoms with Gasteiger partial charge in [-0.2, -0.15) is 0 Å². The van der Waals surface area contributed by atoms with Gasteiger partial charge in [-0.3, -0.25) is 9.59 Å². The number of rotatable bonds is 3. The number of hydrogen-bond donors (Lipinski definition) is 2. The molecule has 11 heavy (non-hydrogen) atoms. The molecule has 0 unspecified atom stereocenters. The third-order valence-electron chi connectivity index (χ3n) is 0.931. The van der Waals surface area contributed by atoms with E-state index in [-0.39, 0.29) is 23.9 Å². The van der Waals surface area contributed by atoms with Crippen molar-refractivity contribution in [2.24, 2.45) is 5.73 Å². The Kier molecular flexibility index (Phi) is 7.82. The molecule has 0 aliphatic rings. The van der Waals surface area contributed by atoms with Gasteiger partial charge in [0.05, 0.1) is 0 Å². The number of aliphatic carboxylic acids is 1. The Morgan fingerprint density at radius 2 is 2.09 bits per heavy atom. The van der Waals surface area contributed by atoms with Crippen molar-refractivity contribution in [1.29, 1.82) is 0 Å². The smallest absolute Gasteiger partial charge is 0.320 e. The Bertz CT molecular complexity index is 153. The minimum Gasteiger partial charge on any atom is -0.480 e. The third-order valence-corrected chi connectivity index (χ3v) is 1.55. The zero-order valence-corrected chi connectivity index (χ0v) is 7.58. The fourth-order valence-electron chi connectivity index (χ4n) is 0.350. The van der Waals surface area contributed by atoms with Crippen LogP contribution in [0.4, 0.5) is 0 Å². The highest BCUT2D eigenvalue weighted by molar-refractivity contribution is 8.13. The first kappa shape index (κ1) is 13.3. The van der Waals surface area contributed by atoms with Gasteiger partial charge in [-0.15, -0.1) is 12.4 Å². The molecular weight excluding hydrogens is 190 g/mol. The van der Waals surface area contributed by atoms with Crippen LogP contribution in [0.1, 0.15) is 6.42 Å². The Morgan fingerprint density at radius 1 is 1.64 bits per heavy atom. The molecule has 0 aromatic rings. The molecule has 0 aliphatic heterocycles. The predicted octanol–water partition coefficient (Wildman–Crippen LogP) is 0.0998. The molecule has 0 aliphatic carbocycles. The summed E-state index contributed by atoms with van der Waals surface area (Å²) >= 11 is 0.988. The van der Waals surface area contributed by atoms with Crippen molar-refractivity contribution >= 4 is 35.3 Å².